The topological polar surface area (TPSA) is 24.9 Å². The van der Waals surface area contributed by atoms with E-state index in [1.54, 1.807) is 23.5 Å². The summed E-state index contributed by atoms with van der Waals surface area (Å²) < 4.78 is 14.6. The number of fused-ring (bicyclic) bond motifs is 1. The number of para-hydroxylation sites is 1. The Kier molecular flexibility index (Phi) is 4.27. The molecule has 3 aromatic rings. The van der Waals surface area contributed by atoms with Crippen molar-refractivity contribution in [2.75, 3.05) is 13.6 Å². The van der Waals surface area contributed by atoms with Gasteiger partial charge in [0.15, 0.2) is 0 Å². The van der Waals surface area contributed by atoms with Crippen LogP contribution in [0.1, 0.15) is 16.5 Å². The summed E-state index contributed by atoms with van der Waals surface area (Å²) in [6, 6.07) is 15.0. The van der Waals surface area contributed by atoms with Crippen LogP contribution >= 0.6 is 11.3 Å². The van der Waals surface area contributed by atoms with Crippen LogP contribution < -0.4 is 5.32 Å². The zero-order valence-corrected chi connectivity index (χ0v) is 12.7. The van der Waals surface area contributed by atoms with Crippen molar-refractivity contribution in [3.63, 3.8) is 0 Å². The van der Waals surface area contributed by atoms with Gasteiger partial charge in [-0.05, 0) is 36.9 Å². The molecule has 0 bridgehead atoms. The van der Waals surface area contributed by atoms with Crippen molar-refractivity contribution in [2.45, 2.75) is 12.3 Å². The van der Waals surface area contributed by atoms with Crippen molar-refractivity contribution < 1.29 is 4.39 Å². The highest BCUT2D eigenvalue weighted by molar-refractivity contribution is 7.18. The van der Waals surface area contributed by atoms with Crippen LogP contribution in [0.3, 0.4) is 0 Å². The number of benzene rings is 2. The monoisotopic (exact) mass is 300 g/mol. The number of nitrogens with zero attached hydrogens (tertiary/aromatic N) is 1. The van der Waals surface area contributed by atoms with Gasteiger partial charge in [0.1, 0.15) is 5.82 Å². The van der Waals surface area contributed by atoms with Crippen molar-refractivity contribution in [2.24, 2.45) is 0 Å². The Morgan fingerprint density at radius 3 is 2.81 bits per heavy atom. The minimum Gasteiger partial charge on any atom is -0.319 e. The van der Waals surface area contributed by atoms with Gasteiger partial charge in [0, 0.05) is 18.9 Å². The Labute approximate surface area is 127 Å². The summed E-state index contributed by atoms with van der Waals surface area (Å²) in [4.78, 5) is 4.68. The van der Waals surface area contributed by atoms with Gasteiger partial charge in [-0.25, -0.2) is 9.37 Å². The molecule has 0 amide bonds. The molecule has 21 heavy (non-hydrogen) atoms. The molecule has 2 aromatic carbocycles. The lowest BCUT2D eigenvalue weighted by molar-refractivity contribution is 0.600. The molecule has 1 aromatic heterocycles. The van der Waals surface area contributed by atoms with Gasteiger partial charge in [-0.3, -0.25) is 0 Å². The zero-order valence-electron chi connectivity index (χ0n) is 11.8. The van der Waals surface area contributed by atoms with E-state index in [0.717, 1.165) is 29.1 Å². The van der Waals surface area contributed by atoms with Gasteiger partial charge in [0.2, 0.25) is 0 Å². The van der Waals surface area contributed by atoms with Gasteiger partial charge in [0.25, 0.3) is 0 Å². The maximum Gasteiger partial charge on any atom is 0.123 e. The molecule has 1 atom stereocenters. The van der Waals surface area contributed by atoms with Gasteiger partial charge in [-0.2, -0.15) is 0 Å². The molecule has 0 fully saturated rings. The SMILES string of the molecule is CNCC(Cc1nc2ccccc2s1)c1cccc(F)c1. The van der Waals surface area contributed by atoms with Crippen LogP contribution in [0.2, 0.25) is 0 Å². The van der Waals surface area contributed by atoms with E-state index >= 15 is 0 Å². The number of aromatic nitrogens is 1. The Morgan fingerprint density at radius 2 is 2.05 bits per heavy atom. The first-order valence-electron chi connectivity index (χ1n) is 7.01. The molecule has 3 rings (SSSR count). The first-order valence-corrected chi connectivity index (χ1v) is 7.82. The Hall–Kier alpha value is -1.78. The highest BCUT2D eigenvalue weighted by Gasteiger charge is 2.15. The van der Waals surface area contributed by atoms with Crippen LogP contribution in [0.4, 0.5) is 4.39 Å². The van der Waals surface area contributed by atoms with Crippen LogP contribution in [-0.2, 0) is 6.42 Å². The Morgan fingerprint density at radius 1 is 1.19 bits per heavy atom. The number of hydrogen-bond donors (Lipinski definition) is 1. The minimum absolute atomic E-state index is 0.182. The smallest absolute Gasteiger partial charge is 0.123 e. The first kappa shape index (κ1) is 14.2. The summed E-state index contributed by atoms with van der Waals surface area (Å²) in [5.41, 5.74) is 2.06. The van der Waals surface area contributed by atoms with Crippen molar-refractivity contribution in [3.8, 4) is 0 Å². The first-order chi connectivity index (χ1) is 10.3. The fourth-order valence-electron chi connectivity index (χ4n) is 2.53. The van der Waals surface area contributed by atoms with E-state index in [0.29, 0.717) is 0 Å². The van der Waals surface area contributed by atoms with E-state index in [1.165, 1.54) is 10.8 Å². The number of nitrogens with one attached hydrogen (secondary N) is 1. The molecule has 108 valence electrons. The quantitative estimate of drug-likeness (QED) is 0.771. The normalized spacial score (nSPS) is 12.7. The molecular formula is C17H17FN2S. The van der Waals surface area contributed by atoms with E-state index in [9.17, 15) is 4.39 Å². The molecule has 1 unspecified atom stereocenters. The predicted molar refractivity (Wildman–Crippen MR) is 86.4 cm³/mol. The van der Waals surface area contributed by atoms with Crippen LogP contribution in [0.25, 0.3) is 10.2 Å². The van der Waals surface area contributed by atoms with E-state index in [2.05, 4.69) is 16.4 Å². The maximum atomic E-state index is 13.4. The Balaban J connectivity index is 1.87. The van der Waals surface area contributed by atoms with Crippen LogP contribution in [0.5, 0.6) is 0 Å². The fourth-order valence-corrected chi connectivity index (χ4v) is 3.58. The van der Waals surface area contributed by atoms with Gasteiger partial charge >= 0.3 is 0 Å². The molecule has 0 radical (unpaired) electrons. The fraction of sp³-hybridized carbons (Fsp3) is 0.235. The van der Waals surface area contributed by atoms with E-state index in [4.69, 9.17) is 0 Å². The summed E-state index contributed by atoms with van der Waals surface area (Å²) in [5.74, 6) is 0.0455. The average molecular weight is 300 g/mol. The minimum atomic E-state index is -0.182. The van der Waals surface area contributed by atoms with Crippen LogP contribution in [-0.4, -0.2) is 18.6 Å². The third-order valence-electron chi connectivity index (χ3n) is 3.53. The molecule has 4 heteroatoms. The second-order valence-electron chi connectivity index (χ2n) is 5.09. The second-order valence-corrected chi connectivity index (χ2v) is 6.20. The van der Waals surface area contributed by atoms with Gasteiger partial charge in [-0.15, -0.1) is 11.3 Å². The highest BCUT2D eigenvalue weighted by atomic mass is 32.1. The molecule has 0 aliphatic rings. The lowest BCUT2D eigenvalue weighted by atomic mass is 9.96. The predicted octanol–water partition coefficient (Wildman–Crippen LogP) is 3.98. The highest BCUT2D eigenvalue weighted by Crippen LogP contribution is 2.27. The van der Waals surface area contributed by atoms with Gasteiger partial charge in [-0.1, -0.05) is 24.3 Å². The van der Waals surface area contributed by atoms with Crippen LogP contribution in [0.15, 0.2) is 48.5 Å². The molecular weight excluding hydrogens is 283 g/mol. The number of halogens is 1. The molecule has 0 saturated carbocycles. The number of rotatable bonds is 5. The summed E-state index contributed by atoms with van der Waals surface area (Å²) >= 11 is 1.72. The summed E-state index contributed by atoms with van der Waals surface area (Å²) in [6.07, 6.45) is 0.823. The van der Waals surface area contributed by atoms with E-state index in [-0.39, 0.29) is 11.7 Å². The molecule has 2 nitrogen and oxygen atoms in total. The molecule has 0 spiro atoms. The lowest BCUT2D eigenvalue weighted by Crippen LogP contribution is -2.19. The largest absolute Gasteiger partial charge is 0.319 e. The number of hydrogen-bond acceptors (Lipinski definition) is 3. The molecule has 1 N–H and O–H groups in total. The van der Waals surface area contributed by atoms with Crippen molar-refractivity contribution in [1.82, 2.24) is 10.3 Å². The maximum absolute atomic E-state index is 13.4. The standard InChI is InChI=1S/C17H17FN2S/c1-19-11-13(12-5-4-6-14(18)9-12)10-17-20-15-7-2-3-8-16(15)21-17/h2-9,13,19H,10-11H2,1H3. The summed E-state index contributed by atoms with van der Waals surface area (Å²) in [7, 11) is 1.92. The van der Waals surface area contributed by atoms with Gasteiger partial charge < -0.3 is 5.32 Å². The second kappa shape index (κ2) is 6.33. The lowest BCUT2D eigenvalue weighted by Gasteiger charge is -2.15. The molecule has 0 saturated heterocycles. The molecule has 0 aliphatic heterocycles. The van der Waals surface area contributed by atoms with Gasteiger partial charge in [0.05, 0.1) is 15.2 Å². The number of thiazole rings is 1. The van der Waals surface area contributed by atoms with Crippen LogP contribution in [0, 0.1) is 5.82 Å². The van der Waals surface area contributed by atoms with Crippen molar-refractivity contribution in [3.05, 3.63) is 64.9 Å². The Bertz CT molecular complexity index is 705. The zero-order chi connectivity index (χ0) is 14.7. The molecule has 0 aliphatic carbocycles. The molecule has 1 heterocycles. The van der Waals surface area contributed by atoms with E-state index < -0.39 is 0 Å². The van der Waals surface area contributed by atoms with Crippen molar-refractivity contribution in [1.29, 1.82) is 0 Å². The summed E-state index contributed by atoms with van der Waals surface area (Å²) in [5, 5.41) is 4.29. The van der Waals surface area contributed by atoms with Crippen molar-refractivity contribution >= 4 is 21.6 Å². The third-order valence-corrected chi connectivity index (χ3v) is 4.59. The average Bonchev–Trinajstić information content (AvgIpc) is 2.89. The van der Waals surface area contributed by atoms with E-state index in [1.807, 2.05) is 31.3 Å². The number of likely N-dealkylation sites (N-methyl/N-ethyl adjacent to an activating group) is 1. The third kappa shape index (κ3) is 3.28. The summed E-state index contributed by atoms with van der Waals surface area (Å²) in [6.45, 7) is 0.805.